The second-order valence-corrected chi connectivity index (χ2v) is 5.15. The molecule has 0 aliphatic carbocycles. The molecule has 0 saturated heterocycles. The molecule has 1 aliphatic heterocycles. The zero-order valence-corrected chi connectivity index (χ0v) is 11.1. The number of rotatable bonds is 3. The van der Waals surface area contributed by atoms with E-state index in [-0.39, 0.29) is 12.0 Å². The highest BCUT2D eigenvalue weighted by Crippen LogP contribution is 2.30. The molecule has 1 aromatic carbocycles. The van der Waals surface area contributed by atoms with Gasteiger partial charge in [0.2, 0.25) is 0 Å². The van der Waals surface area contributed by atoms with Crippen LogP contribution in [0.2, 0.25) is 0 Å². The molecular weight excluding hydrogens is 242 g/mol. The van der Waals surface area contributed by atoms with Gasteiger partial charge in [-0.05, 0) is 29.7 Å². The van der Waals surface area contributed by atoms with Crippen LogP contribution in [0.3, 0.4) is 0 Å². The van der Waals surface area contributed by atoms with Crippen LogP contribution < -0.4 is 10.5 Å². The average molecular weight is 259 g/mol. The lowest BCUT2D eigenvalue weighted by molar-refractivity contribution is 0.357. The molecule has 1 atom stereocenters. The number of fused-ring (bicyclic) bond motifs is 1. The smallest absolute Gasteiger partial charge is 0.257 e. The van der Waals surface area contributed by atoms with Gasteiger partial charge in [0, 0.05) is 12.0 Å². The first-order valence-corrected chi connectivity index (χ1v) is 6.50. The number of aromatic nitrogens is 2. The molecule has 0 bridgehead atoms. The van der Waals surface area contributed by atoms with Crippen LogP contribution in [0, 0.1) is 5.92 Å². The second kappa shape index (κ2) is 4.66. The van der Waals surface area contributed by atoms with Crippen LogP contribution >= 0.6 is 0 Å². The van der Waals surface area contributed by atoms with Gasteiger partial charge in [-0.25, -0.2) is 0 Å². The Hall–Kier alpha value is -1.88. The highest BCUT2D eigenvalue weighted by Gasteiger charge is 2.19. The standard InChI is InChI=1S/C14H17N3O2/c1-8(2)12(15)13-16-14(19-17-13)10-3-4-11-9(7-10)5-6-18-11/h3-4,7-8,12H,5-6,15H2,1-2H3. The largest absolute Gasteiger partial charge is 0.493 e. The van der Waals surface area contributed by atoms with Crippen molar-refractivity contribution in [1.82, 2.24) is 10.1 Å². The van der Waals surface area contributed by atoms with Crippen LogP contribution in [-0.4, -0.2) is 16.7 Å². The molecule has 1 unspecified atom stereocenters. The summed E-state index contributed by atoms with van der Waals surface area (Å²) in [4.78, 5) is 4.38. The summed E-state index contributed by atoms with van der Waals surface area (Å²) in [6.07, 6.45) is 0.926. The number of hydrogen-bond donors (Lipinski definition) is 1. The molecule has 2 aromatic rings. The van der Waals surface area contributed by atoms with Gasteiger partial charge in [0.05, 0.1) is 12.6 Å². The Morgan fingerprint density at radius 2 is 2.16 bits per heavy atom. The summed E-state index contributed by atoms with van der Waals surface area (Å²) < 4.78 is 10.8. The van der Waals surface area contributed by atoms with E-state index in [0.29, 0.717) is 11.7 Å². The molecule has 0 fully saturated rings. The zero-order valence-electron chi connectivity index (χ0n) is 11.1. The Morgan fingerprint density at radius 3 is 2.95 bits per heavy atom. The van der Waals surface area contributed by atoms with Gasteiger partial charge in [-0.15, -0.1) is 0 Å². The van der Waals surface area contributed by atoms with Crippen LogP contribution in [0.15, 0.2) is 22.7 Å². The van der Waals surface area contributed by atoms with Gasteiger partial charge in [-0.3, -0.25) is 0 Å². The molecule has 0 amide bonds. The molecule has 5 heteroatoms. The molecule has 100 valence electrons. The third-order valence-corrected chi connectivity index (χ3v) is 3.39. The van der Waals surface area contributed by atoms with E-state index >= 15 is 0 Å². The van der Waals surface area contributed by atoms with Crippen molar-refractivity contribution in [2.75, 3.05) is 6.61 Å². The van der Waals surface area contributed by atoms with Gasteiger partial charge in [0.1, 0.15) is 5.75 Å². The average Bonchev–Trinajstić information content (AvgIpc) is 3.05. The molecule has 19 heavy (non-hydrogen) atoms. The van der Waals surface area contributed by atoms with Gasteiger partial charge >= 0.3 is 0 Å². The van der Waals surface area contributed by atoms with Crippen molar-refractivity contribution in [3.63, 3.8) is 0 Å². The Balaban J connectivity index is 1.90. The minimum absolute atomic E-state index is 0.199. The van der Waals surface area contributed by atoms with Crippen molar-refractivity contribution >= 4 is 0 Å². The van der Waals surface area contributed by atoms with E-state index in [1.807, 2.05) is 32.0 Å². The molecule has 0 radical (unpaired) electrons. The predicted molar refractivity (Wildman–Crippen MR) is 70.7 cm³/mol. The maximum absolute atomic E-state index is 6.01. The first kappa shape index (κ1) is 12.2. The summed E-state index contributed by atoms with van der Waals surface area (Å²) >= 11 is 0. The first-order chi connectivity index (χ1) is 9.15. The van der Waals surface area contributed by atoms with Crippen molar-refractivity contribution in [3.8, 4) is 17.2 Å². The molecule has 5 nitrogen and oxygen atoms in total. The Bertz CT molecular complexity index is 592. The van der Waals surface area contributed by atoms with E-state index in [0.717, 1.165) is 24.3 Å². The molecule has 1 aliphatic rings. The number of benzene rings is 1. The van der Waals surface area contributed by atoms with Crippen LogP contribution in [-0.2, 0) is 6.42 Å². The maximum Gasteiger partial charge on any atom is 0.257 e. The minimum atomic E-state index is -0.199. The Kier molecular flexibility index (Phi) is 2.98. The predicted octanol–water partition coefficient (Wildman–Crippen LogP) is 2.33. The van der Waals surface area contributed by atoms with E-state index in [2.05, 4.69) is 10.1 Å². The summed E-state index contributed by atoms with van der Waals surface area (Å²) in [5.74, 6) is 2.30. The fraction of sp³-hybridized carbons (Fsp3) is 0.429. The number of ether oxygens (including phenoxy) is 1. The zero-order chi connectivity index (χ0) is 13.4. The lowest BCUT2D eigenvalue weighted by Crippen LogP contribution is -2.18. The fourth-order valence-corrected chi connectivity index (χ4v) is 2.11. The van der Waals surface area contributed by atoms with Crippen LogP contribution in [0.1, 0.15) is 31.3 Å². The molecular formula is C14H17N3O2. The lowest BCUT2D eigenvalue weighted by atomic mass is 10.1. The third kappa shape index (κ3) is 2.21. The maximum atomic E-state index is 6.01. The third-order valence-electron chi connectivity index (χ3n) is 3.39. The summed E-state index contributed by atoms with van der Waals surface area (Å²) in [7, 11) is 0. The Labute approximate surface area is 111 Å². The topological polar surface area (TPSA) is 74.2 Å². The van der Waals surface area contributed by atoms with Crippen molar-refractivity contribution in [2.24, 2.45) is 11.7 Å². The van der Waals surface area contributed by atoms with Crippen molar-refractivity contribution < 1.29 is 9.26 Å². The van der Waals surface area contributed by atoms with E-state index in [1.165, 1.54) is 5.56 Å². The highest BCUT2D eigenvalue weighted by atomic mass is 16.5. The summed E-state index contributed by atoms with van der Waals surface area (Å²) in [6.45, 7) is 4.81. The summed E-state index contributed by atoms with van der Waals surface area (Å²) in [5.41, 5.74) is 8.12. The van der Waals surface area contributed by atoms with Gasteiger partial charge in [-0.1, -0.05) is 19.0 Å². The summed E-state index contributed by atoms with van der Waals surface area (Å²) in [6, 6.07) is 5.72. The van der Waals surface area contributed by atoms with Gasteiger partial charge in [-0.2, -0.15) is 4.98 Å². The van der Waals surface area contributed by atoms with Crippen LogP contribution in [0.5, 0.6) is 5.75 Å². The second-order valence-electron chi connectivity index (χ2n) is 5.15. The Morgan fingerprint density at radius 1 is 1.32 bits per heavy atom. The van der Waals surface area contributed by atoms with Crippen LogP contribution in [0.25, 0.3) is 11.5 Å². The number of hydrogen-bond acceptors (Lipinski definition) is 5. The SMILES string of the molecule is CC(C)C(N)c1noc(-c2ccc3c(c2)CCO3)n1. The molecule has 0 spiro atoms. The van der Waals surface area contributed by atoms with Crippen molar-refractivity contribution in [1.29, 1.82) is 0 Å². The van der Waals surface area contributed by atoms with Gasteiger partial charge in [0.15, 0.2) is 5.82 Å². The lowest BCUT2D eigenvalue weighted by Gasteiger charge is -2.09. The number of nitrogens with zero attached hydrogens (tertiary/aromatic N) is 2. The van der Waals surface area contributed by atoms with E-state index < -0.39 is 0 Å². The molecule has 3 rings (SSSR count). The summed E-state index contributed by atoms with van der Waals surface area (Å²) in [5, 5.41) is 3.96. The molecule has 2 heterocycles. The monoisotopic (exact) mass is 259 g/mol. The van der Waals surface area contributed by atoms with E-state index in [9.17, 15) is 0 Å². The van der Waals surface area contributed by atoms with Gasteiger partial charge < -0.3 is 15.0 Å². The molecule has 0 saturated carbocycles. The fourth-order valence-electron chi connectivity index (χ4n) is 2.11. The van der Waals surface area contributed by atoms with Crippen LogP contribution in [0.4, 0.5) is 0 Å². The quantitative estimate of drug-likeness (QED) is 0.915. The first-order valence-electron chi connectivity index (χ1n) is 6.50. The molecule has 1 aromatic heterocycles. The van der Waals surface area contributed by atoms with Crippen molar-refractivity contribution in [2.45, 2.75) is 26.3 Å². The minimum Gasteiger partial charge on any atom is -0.493 e. The van der Waals surface area contributed by atoms with Gasteiger partial charge in [0.25, 0.3) is 5.89 Å². The van der Waals surface area contributed by atoms with Crippen molar-refractivity contribution in [3.05, 3.63) is 29.6 Å². The number of nitrogens with two attached hydrogens (primary N) is 1. The highest BCUT2D eigenvalue weighted by molar-refractivity contribution is 5.58. The molecule has 2 N–H and O–H groups in total. The van der Waals surface area contributed by atoms with E-state index in [1.54, 1.807) is 0 Å². The normalized spacial score (nSPS) is 15.4. The van der Waals surface area contributed by atoms with E-state index in [4.69, 9.17) is 15.0 Å².